The van der Waals surface area contributed by atoms with Crippen LogP contribution in [0.2, 0.25) is 0 Å². The average Bonchev–Trinajstić information content (AvgIpc) is 2.95. The number of esters is 1. The minimum absolute atomic E-state index is 0.0973. The Morgan fingerprint density at radius 2 is 1.87 bits per heavy atom. The highest BCUT2D eigenvalue weighted by Crippen LogP contribution is 2.32. The van der Waals surface area contributed by atoms with Crippen LogP contribution in [0, 0.1) is 10.1 Å². The maximum atomic E-state index is 12.3. The van der Waals surface area contributed by atoms with E-state index in [-0.39, 0.29) is 21.9 Å². The lowest BCUT2D eigenvalue weighted by molar-refractivity contribution is -0.384. The van der Waals surface area contributed by atoms with Crippen molar-refractivity contribution in [3.8, 4) is 5.75 Å². The van der Waals surface area contributed by atoms with Crippen LogP contribution in [0.5, 0.6) is 5.75 Å². The fraction of sp³-hybridized carbons (Fsp3) is 0.0526. The predicted molar refractivity (Wildman–Crippen MR) is 106 cm³/mol. The van der Waals surface area contributed by atoms with Crippen molar-refractivity contribution >= 4 is 46.5 Å². The Balaban J connectivity index is 1.75. The zero-order chi connectivity index (χ0) is 21.8. The van der Waals surface area contributed by atoms with Crippen LogP contribution >= 0.6 is 11.8 Å². The van der Waals surface area contributed by atoms with Gasteiger partial charge in [0.15, 0.2) is 0 Å². The molecule has 30 heavy (non-hydrogen) atoms. The Labute approximate surface area is 173 Å². The van der Waals surface area contributed by atoms with E-state index < -0.39 is 34.5 Å². The number of non-ortho nitro benzene ring substituents is 1. The van der Waals surface area contributed by atoms with Gasteiger partial charge in [0.1, 0.15) is 12.3 Å². The van der Waals surface area contributed by atoms with Crippen molar-refractivity contribution < 1.29 is 28.8 Å². The second kappa shape index (κ2) is 8.57. The number of nitrogens with zero attached hydrogens (tertiary/aromatic N) is 2. The van der Waals surface area contributed by atoms with Gasteiger partial charge in [-0.25, -0.2) is 4.79 Å². The zero-order valence-electron chi connectivity index (χ0n) is 15.1. The van der Waals surface area contributed by atoms with Gasteiger partial charge in [-0.05, 0) is 47.7 Å². The minimum Gasteiger partial charge on any atom is -0.423 e. The van der Waals surface area contributed by atoms with Gasteiger partial charge in [-0.15, -0.1) is 0 Å². The fourth-order valence-corrected chi connectivity index (χ4v) is 3.33. The molecular weight excluding hydrogens is 414 g/mol. The van der Waals surface area contributed by atoms with Gasteiger partial charge in [0, 0.05) is 12.1 Å². The van der Waals surface area contributed by atoms with Gasteiger partial charge in [-0.3, -0.25) is 29.4 Å². The molecule has 1 fully saturated rings. The van der Waals surface area contributed by atoms with Gasteiger partial charge in [0.05, 0.1) is 15.4 Å². The zero-order valence-corrected chi connectivity index (χ0v) is 16.0. The Morgan fingerprint density at radius 1 is 1.17 bits per heavy atom. The summed E-state index contributed by atoms with van der Waals surface area (Å²) < 4.78 is 5.26. The molecule has 0 saturated carbocycles. The van der Waals surface area contributed by atoms with E-state index in [1.54, 1.807) is 12.1 Å². The van der Waals surface area contributed by atoms with Gasteiger partial charge in [-0.2, -0.15) is 0 Å². The first kappa shape index (κ1) is 20.7. The van der Waals surface area contributed by atoms with Crippen LogP contribution in [0.4, 0.5) is 10.5 Å². The number of carbonyl (C=O) groups excluding carboxylic acids is 4. The normalized spacial score (nSPS) is 14.8. The number of hydrogen-bond acceptors (Lipinski definition) is 8. The molecule has 11 heteroatoms. The van der Waals surface area contributed by atoms with Crippen LogP contribution in [0.15, 0.2) is 53.4 Å². The van der Waals surface area contributed by atoms with E-state index in [9.17, 15) is 29.3 Å². The average molecular weight is 427 g/mol. The summed E-state index contributed by atoms with van der Waals surface area (Å²) in [5.74, 6) is -2.00. The van der Waals surface area contributed by atoms with Crippen molar-refractivity contribution in [3.05, 3.63) is 74.7 Å². The number of amides is 3. The summed E-state index contributed by atoms with van der Waals surface area (Å²) in [6.45, 7) is -0.505. The summed E-state index contributed by atoms with van der Waals surface area (Å²) in [6.07, 6.45) is 1.43. The Morgan fingerprint density at radius 3 is 2.50 bits per heavy atom. The molecule has 2 aromatic carbocycles. The van der Waals surface area contributed by atoms with Gasteiger partial charge < -0.3 is 10.5 Å². The van der Waals surface area contributed by atoms with Gasteiger partial charge in [-0.1, -0.05) is 12.1 Å². The highest BCUT2D eigenvalue weighted by Gasteiger charge is 2.35. The van der Waals surface area contributed by atoms with Crippen LogP contribution in [0.25, 0.3) is 6.08 Å². The Bertz CT molecular complexity index is 1100. The van der Waals surface area contributed by atoms with Crippen molar-refractivity contribution in [2.75, 3.05) is 6.54 Å². The molecule has 152 valence electrons. The van der Waals surface area contributed by atoms with Crippen LogP contribution < -0.4 is 10.5 Å². The Hall–Kier alpha value is -3.99. The summed E-state index contributed by atoms with van der Waals surface area (Å²) in [4.78, 5) is 58.3. The number of benzene rings is 2. The molecule has 1 aliphatic rings. The maximum absolute atomic E-state index is 12.3. The van der Waals surface area contributed by atoms with E-state index in [0.717, 1.165) is 4.90 Å². The lowest BCUT2D eigenvalue weighted by Crippen LogP contribution is -2.36. The van der Waals surface area contributed by atoms with Gasteiger partial charge in [0.2, 0.25) is 5.91 Å². The molecule has 0 aliphatic carbocycles. The molecule has 0 spiro atoms. The van der Waals surface area contributed by atoms with Crippen LogP contribution in [-0.4, -0.2) is 39.4 Å². The number of thioether (sulfide) groups is 1. The minimum atomic E-state index is -0.807. The summed E-state index contributed by atoms with van der Waals surface area (Å²) in [5.41, 5.74) is 5.49. The van der Waals surface area contributed by atoms with Crippen molar-refractivity contribution in [1.29, 1.82) is 0 Å². The topological polar surface area (TPSA) is 150 Å². The van der Waals surface area contributed by atoms with Crippen molar-refractivity contribution in [2.24, 2.45) is 5.73 Å². The molecule has 0 radical (unpaired) electrons. The number of nitro benzene ring substituents is 1. The van der Waals surface area contributed by atoms with Crippen LogP contribution in [-0.2, 0) is 9.59 Å². The SMILES string of the molecule is NC(=O)CN1C(=O)S/C(=C\c2cccc(OC(=O)c3ccc([N+](=O)[O-])cc3)c2)C1=O. The van der Waals surface area contributed by atoms with E-state index in [4.69, 9.17) is 10.5 Å². The molecule has 10 nitrogen and oxygen atoms in total. The number of primary amides is 1. The third kappa shape index (κ3) is 4.70. The van der Waals surface area contributed by atoms with Crippen molar-refractivity contribution in [2.45, 2.75) is 0 Å². The number of hydrogen-bond donors (Lipinski definition) is 1. The van der Waals surface area contributed by atoms with Gasteiger partial charge >= 0.3 is 5.97 Å². The lowest BCUT2D eigenvalue weighted by atomic mass is 10.2. The molecule has 0 atom stereocenters. The predicted octanol–water partition coefficient (Wildman–Crippen LogP) is 2.34. The molecule has 2 N–H and O–H groups in total. The number of nitrogens with two attached hydrogens (primary N) is 1. The third-order valence-electron chi connectivity index (χ3n) is 3.87. The molecule has 0 aromatic heterocycles. The highest BCUT2D eigenvalue weighted by molar-refractivity contribution is 8.18. The second-order valence-corrected chi connectivity index (χ2v) is 6.99. The summed E-state index contributed by atoms with van der Waals surface area (Å²) in [7, 11) is 0. The van der Waals surface area contributed by atoms with E-state index in [1.807, 2.05) is 0 Å². The Kier molecular flexibility index (Phi) is 5.93. The van der Waals surface area contributed by atoms with E-state index in [0.29, 0.717) is 17.3 Å². The molecule has 1 saturated heterocycles. The molecule has 1 heterocycles. The molecule has 1 aliphatic heterocycles. The molecule has 3 amide bonds. The summed E-state index contributed by atoms with van der Waals surface area (Å²) in [5, 5.41) is 10.1. The maximum Gasteiger partial charge on any atom is 0.343 e. The number of rotatable bonds is 6. The molecule has 2 aromatic rings. The first-order valence-corrected chi connectivity index (χ1v) is 9.16. The van der Waals surface area contributed by atoms with Crippen molar-refractivity contribution in [1.82, 2.24) is 4.90 Å². The largest absolute Gasteiger partial charge is 0.423 e. The van der Waals surface area contributed by atoms with E-state index in [2.05, 4.69) is 0 Å². The van der Waals surface area contributed by atoms with Crippen LogP contribution in [0.3, 0.4) is 0 Å². The van der Waals surface area contributed by atoms with Crippen LogP contribution in [0.1, 0.15) is 15.9 Å². The molecule has 0 unspecified atom stereocenters. The highest BCUT2D eigenvalue weighted by atomic mass is 32.2. The number of ether oxygens (including phenoxy) is 1. The summed E-state index contributed by atoms with van der Waals surface area (Å²) >= 11 is 0.667. The monoisotopic (exact) mass is 427 g/mol. The molecule has 0 bridgehead atoms. The first-order chi connectivity index (χ1) is 14.2. The molecule has 3 rings (SSSR count). The summed E-state index contributed by atoms with van der Waals surface area (Å²) in [6, 6.07) is 11.1. The fourth-order valence-electron chi connectivity index (χ4n) is 2.50. The molecular formula is C19H13N3O7S. The number of carbonyl (C=O) groups is 4. The standard InChI is InChI=1S/C19H13N3O7S/c20-16(23)10-21-17(24)15(30-19(21)26)9-11-2-1-3-14(8-11)29-18(25)12-4-6-13(7-5-12)22(27)28/h1-9H,10H2,(H2,20,23)/b15-9-. The van der Waals surface area contributed by atoms with Gasteiger partial charge in [0.25, 0.3) is 16.8 Å². The first-order valence-electron chi connectivity index (χ1n) is 8.35. The smallest absolute Gasteiger partial charge is 0.343 e. The number of imide groups is 1. The lowest BCUT2D eigenvalue weighted by Gasteiger charge is -2.08. The quantitative estimate of drug-likeness (QED) is 0.243. The third-order valence-corrected chi connectivity index (χ3v) is 4.78. The number of nitro groups is 1. The van der Waals surface area contributed by atoms with E-state index in [1.165, 1.54) is 42.5 Å². The second-order valence-electron chi connectivity index (χ2n) is 6.00. The van der Waals surface area contributed by atoms with E-state index >= 15 is 0 Å². The van der Waals surface area contributed by atoms with Crippen molar-refractivity contribution in [3.63, 3.8) is 0 Å².